The third-order valence-electron chi connectivity index (χ3n) is 6.98. The lowest BCUT2D eigenvalue weighted by Crippen LogP contribution is -2.29. The molecule has 1 aliphatic heterocycles. The maximum Gasteiger partial charge on any atom is 0.301 e. The van der Waals surface area contributed by atoms with Gasteiger partial charge in [0.05, 0.1) is 42.7 Å². The van der Waals surface area contributed by atoms with Gasteiger partial charge in [-0.2, -0.15) is 0 Å². The molecule has 0 spiro atoms. The van der Waals surface area contributed by atoms with Crippen LogP contribution in [0, 0.1) is 12.8 Å². The predicted molar refractivity (Wildman–Crippen MR) is 160 cm³/mol. The molecule has 0 radical (unpaired) electrons. The van der Waals surface area contributed by atoms with Crippen molar-refractivity contribution in [1.82, 2.24) is 4.98 Å². The molecule has 1 N–H and O–H groups in total. The van der Waals surface area contributed by atoms with E-state index in [1.807, 2.05) is 25.1 Å². The Balaban J connectivity index is 1.67. The van der Waals surface area contributed by atoms with Gasteiger partial charge in [0.25, 0.3) is 5.78 Å². The van der Waals surface area contributed by atoms with E-state index in [9.17, 15) is 14.7 Å². The number of hydrogen-bond donors (Lipinski definition) is 1. The van der Waals surface area contributed by atoms with Gasteiger partial charge in [-0.25, -0.2) is 4.98 Å². The topological polar surface area (TPSA) is 98.2 Å². The molecular formula is C32H32N2O6S. The molecule has 212 valence electrons. The number of benzene rings is 3. The standard InChI is InChI=1S/C32H32N2O6S/c1-18(2)13-14-40-24-12-10-20(17-25(24)39-5)28-27(29(35)21-7-6-8-22(16-21)38-4)30(36)31(37)34(28)32-33-23-11-9-19(3)15-26(23)41-32/h6-12,15-18,28,35H,13-14H2,1-5H3. The lowest BCUT2D eigenvalue weighted by molar-refractivity contribution is -0.132. The zero-order valence-electron chi connectivity index (χ0n) is 23.6. The number of thiazole rings is 1. The molecule has 2 heterocycles. The highest BCUT2D eigenvalue weighted by molar-refractivity contribution is 7.22. The molecule has 5 rings (SSSR count). The van der Waals surface area contributed by atoms with Gasteiger partial charge >= 0.3 is 5.91 Å². The van der Waals surface area contributed by atoms with Gasteiger partial charge in [0.15, 0.2) is 16.6 Å². The van der Waals surface area contributed by atoms with E-state index in [4.69, 9.17) is 19.2 Å². The Bertz CT molecular complexity index is 1660. The molecule has 0 saturated carbocycles. The van der Waals surface area contributed by atoms with Crippen LogP contribution in [0.2, 0.25) is 0 Å². The van der Waals surface area contributed by atoms with Crippen LogP contribution in [-0.2, 0) is 9.59 Å². The second-order valence-electron chi connectivity index (χ2n) is 10.3. The molecule has 1 atom stereocenters. The molecule has 1 saturated heterocycles. The summed E-state index contributed by atoms with van der Waals surface area (Å²) in [7, 11) is 3.06. The fourth-order valence-corrected chi connectivity index (χ4v) is 5.86. The maximum absolute atomic E-state index is 13.6. The van der Waals surface area contributed by atoms with E-state index in [1.54, 1.807) is 42.5 Å². The largest absolute Gasteiger partial charge is 0.507 e. The van der Waals surface area contributed by atoms with Crippen LogP contribution < -0.4 is 19.1 Å². The van der Waals surface area contributed by atoms with Crippen molar-refractivity contribution in [2.75, 3.05) is 25.7 Å². The smallest absolute Gasteiger partial charge is 0.301 e. The Morgan fingerprint density at radius 3 is 2.56 bits per heavy atom. The highest BCUT2D eigenvalue weighted by Crippen LogP contribution is 2.46. The number of ether oxygens (including phenoxy) is 3. The fraction of sp³-hybridized carbons (Fsp3) is 0.281. The van der Waals surface area contributed by atoms with Crippen LogP contribution in [-0.4, -0.2) is 42.6 Å². The van der Waals surface area contributed by atoms with E-state index in [2.05, 4.69) is 13.8 Å². The number of aromatic nitrogens is 1. The summed E-state index contributed by atoms with van der Waals surface area (Å²) in [6.07, 6.45) is 0.878. The second-order valence-corrected chi connectivity index (χ2v) is 11.3. The number of ketones is 1. The maximum atomic E-state index is 13.6. The van der Waals surface area contributed by atoms with Crippen molar-refractivity contribution in [2.45, 2.75) is 33.2 Å². The van der Waals surface area contributed by atoms with Crippen molar-refractivity contribution in [1.29, 1.82) is 0 Å². The molecule has 1 unspecified atom stereocenters. The Labute approximate surface area is 242 Å². The van der Waals surface area contributed by atoms with Crippen LogP contribution in [0.4, 0.5) is 5.13 Å². The molecule has 1 aliphatic rings. The number of carbonyl (C=O) groups excluding carboxylic acids is 2. The quantitative estimate of drug-likeness (QED) is 0.136. The zero-order chi connectivity index (χ0) is 29.3. The van der Waals surface area contributed by atoms with Crippen LogP contribution in [0.1, 0.15) is 43.0 Å². The molecule has 1 amide bonds. The van der Waals surface area contributed by atoms with Crippen molar-refractivity contribution < 1.29 is 28.9 Å². The molecule has 4 aromatic rings. The van der Waals surface area contributed by atoms with Gasteiger partial charge in [-0.1, -0.05) is 49.4 Å². The first-order valence-corrected chi connectivity index (χ1v) is 14.2. The average molecular weight is 573 g/mol. The van der Waals surface area contributed by atoms with Gasteiger partial charge in [-0.05, 0) is 66.8 Å². The summed E-state index contributed by atoms with van der Waals surface area (Å²) >= 11 is 1.32. The number of hydrogen-bond acceptors (Lipinski definition) is 8. The van der Waals surface area contributed by atoms with E-state index in [1.165, 1.54) is 30.5 Å². The minimum absolute atomic E-state index is 0.0470. The van der Waals surface area contributed by atoms with Crippen molar-refractivity contribution in [3.05, 3.63) is 82.9 Å². The highest BCUT2D eigenvalue weighted by atomic mass is 32.1. The number of aliphatic hydroxyl groups is 1. The van der Waals surface area contributed by atoms with E-state index in [0.29, 0.717) is 46.0 Å². The number of nitrogens with zero attached hydrogens (tertiary/aromatic N) is 2. The summed E-state index contributed by atoms with van der Waals surface area (Å²) < 4.78 is 17.8. The third kappa shape index (κ3) is 5.50. The van der Waals surface area contributed by atoms with E-state index in [-0.39, 0.29) is 11.3 Å². The van der Waals surface area contributed by atoms with E-state index >= 15 is 0 Å². The molecule has 41 heavy (non-hydrogen) atoms. The normalized spacial score (nSPS) is 16.5. The van der Waals surface area contributed by atoms with Gasteiger partial charge in [-0.15, -0.1) is 0 Å². The molecule has 8 nitrogen and oxygen atoms in total. The molecule has 9 heteroatoms. The number of fused-ring (bicyclic) bond motifs is 1. The summed E-state index contributed by atoms with van der Waals surface area (Å²) in [4.78, 5) is 33.3. The molecule has 1 fully saturated rings. The van der Waals surface area contributed by atoms with Crippen LogP contribution in [0.5, 0.6) is 17.2 Å². The molecule has 0 aliphatic carbocycles. The van der Waals surface area contributed by atoms with Crippen molar-refractivity contribution in [2.24, 2.45) is 5.92 Å². The number of methoxy groups -OCH3 is 2. The van der Waals surface area contributed by atoms with Gasteiger partial charge < -0.3 is 19.3 Å². The summed E-state index contributed by atoms with van der Waals surface area (Å²) in [6, 6.07) is 16.9. The SMILES string of the molecule is COc1cccc(C(O)=C2C(=O)C(=O)N(c3nc4ccc(C)cc4s3)C2c2ccc(OCCC(C)C)c(OC)c2)c1. The van der Waals surface area contributed by atoms with Crippen LogP contribution >= 0.6 is 11.3 Å². The minimum atomic E-state index is -0.957. The van der Waals surface area contributed by atoms with Gasteiger partial charge in [-0.3, -0.25) is 14.5 Å². The van der Waals surface area contributed by atoms with Crippen molar-refractivity contribution in [3.8, 4) is 17.2 Å². The first-order chi connectivity index (χ1) is 19.7. The predicted octanol–water partition coefficient (Wildman–Crippen LogP) is 6.67. The number of rotatable bonds is 9. The number of carbonyl (C=O) groups is 2. The number of Topliss-reactive ketones (excluding diaryl/α,β-unsaturated/α-hetero) is 1. The van der Waals surface area contributed by atoms with Gasteiger partial charge in [0.1, 0.15) is 11.5 Å². The van der Waals surface area contributed by atoms with Gasteiger partial charge in [0.2, 0.25) is 0 Å². The Kier molecular flexibility index (Phi) is 7.99. The Morgan fingerprint density at radius 2 is 1.83 bits per heavy atom. The first-order valence-electron chi connectivity index (χ1n) is 13.3. The van der Waals surface area contributed by atoms with Crippen LogP contribution in [0.3, 0.4) is 0 Å². The molecule has 3 aromatic carbocycles. The van der Waals surface area contributed by atoms with E-state index in [0.717, 1.165) is 22.2 Å². The average Bonchev–Trinajstić information content (AvgIpc) is 3.49. The fourth-order valence-electron chi connectivity index (χ4n) is 4.77. The van der Waals surface area contributed by atoms with Crippen LogP contribution in [0.25, 0.3) is 16.0 Å². The zero-order valence-corrected chi connectivity index (χ0v) is 24.5. The Morgan fingerprint density at radius 1 is 1.02 bits per heavy atom. The van der Waals surface area contributed by atoms with Gasteiger partial charge in [0, 0.05) is 5.56 Å². The summed E-state index contributed by atoms with van der Waals surface area (Å²) in [6.45, 7) is 6.75. The highest BCUT2D eigenvalue weighted by Gasteiger charge is 2.48. The number of aryl methyl sites for hydroxylation is 1. The summed E-state index contributed by atoms with van der Waals surface area (Å²) in [5.41, 5.74) is 2.65. The molecule has 1 aromatic heterocycles. The van der Waals surface area contributed by atoms with Crippen molar-refractivity contribution in [3.63, 3.8) is 0 Å². The number of amides is 1. The van der Waals surface area contributed by atoms with Crippen LogP contribution in [0.15, 0.2) is 66.2 Å². The minimum Gasteiger partial charge on any atom is -0.507 e. The lowest BCUT2D eigenvalue weighted by atomic mass is 9.95. The summed E-state index contributed by atoms with van der Waals surface area (Å²) in [5.74, 6) is 0.117. The van der Waals surface area contributed by atoms with Crippen molar-refractivity contribution >= 4 is 44.1 Å². The number of aliphatic hydroxyl groups excluding tert-OH is 1. The third-order valence-corrected chi connectivity index (χ3v) is 8.00. The van der Waals surface area contributed by atoms with E-state index < -0.39 is 17.7 Å². The Hall–Kier alpha value is -4.37. The summed E-state index contributed by atoms with van der Waals surface area (Å²) in [5, 5.41) is 11.9. The monoisotopic (exact) mass is 572 g/mol. The number of anilines is 1. The lowest BCUT2D eigenvalue weighted by Gasteiger charge is -2.24. The molecular weight excluding hydrogens is 540 g/mol. The second kappa shape index (κ2) is 11.6. The molecule has 0 bridgehead atoms. The first kappa shape index (κ1) is 28.2.